The van der Waals surface area contributed by atoms with Gasteiger partial charge in [0.05, 0.1) is 12.1 Å². The van der Waals surface area contributed by atoms with Gasteiger partial charge in [-0.3, -0.25) is 4.79 Å². The number of terminal acetylenes is 1. The third kappa shape index (κ3) is 6.50. The van der Waals surface area contributed by atoms with Crippen LogP contribution in [0.2, 0.25) is 0 Å². The zero-order valence-corrected chi connectivity index (χ0v) is 8.92. The highest BCUT2D eigenvalue weighted by Crippen LogP contribution is 1.99. The highest BCUT2D eigenvalue weighted by molar-refractivity contribution is 5.76. The standard InChI is InChI=1S/C11H19NO2/c1-4-6-10(5-2)12-11(14)8-7-9(3)13/h2,9-10,13H,4,6-8H2,1,3H3,(H,12,14). The van der Waals surface area contributed by atoms with Gasteiger partial charge in [0.15, 0.2) is 0 Å². The average Bonchev–Trinajstić information content (AvgIpc) is 2.14. The summed E-state index contributed by atoms with van der Waals surface area (Å²) < 4.78 is 0. The Balaban J connectivity index is 3.75. The van der Waals surface area contributed by atoms with E-state index < -0.39 is 6.10 Å². The van der Waals surface area contributed by atoms with E-state index in [-0.39, 0.29) is 11.9 Å². The van der Waals surface area contributed by atoms with E-state index in [0.717, 1.165) is 12.8 Å². The Morgan fingerprint density at radius 3 is 2.64 bits per heavy atom. The van der Waals surface area contributed by atoms with Crippen LogP contribution in [-0.4, -0.2) is 23.2 Å². The summed E-state index contributed by atoms with van der Waals surface area (Å²) in [4.78, 5) is 11.3. The molecule has 0 aromatic heterocycles. The smallest absolute Gasteiger partial charge is 0.221 e. The molecule has 3 nitrogen and oxygen atoms in total. The normalized spacial score (nSPS) is 14.1. The van der Waals surface area contributed by atoms with Crippen molar-refractivity contribution >= 4 is 5.91 Å². The topological polar surface area (TPSA) is 49.3 Å². The molecule has 0 saturated carbocycles. The zero-order valence-electron chi connectivity index (χ0n) is 8.92. The predicted octanol–water partition coefficient (Wildman–Crippen LogP) is 1.07. The molecular formula is C11H19NO2. The first-order valence-corrected chi connectivity index (χ1v) is 5.03. The van der Waals surface area contributed by atoms with Crippen molar-refractivity contribution in [2.75, 3.05) is 0 Å². The van der Waals surface area contributed by atoms with Gasteiger partial charge in [-0.15, -0.1) is 6.42 Å². The van der Waals surface area contributed by atoms with E-state index in [1.54, 1.807) is 6.92 Å². The van der Waals surface area contributed by atoms with Gasteiger partial charge in [0.2, 0.25) is 5.91 Å². The number of nitrogens with one attached hydrogen (secondary N) is 1. The van der Waals surface area contributed by atoms with Gasteiger partial charge in [-0.05, 0) is 19.8 Å². The quantitative estimate of drug-likeness (QED) is 0.626. The second kappa shape index (κ2) is 7.40. The number of aliphatic hydroxyl groups excluding tert-OH is 1. The Morgan fingerprint density at radius 1 is 1.57 bits per heavy atom. The molecule has 0 aliphatic rings. The largest absolute Gasteiger partial charge is 0.393 e. The fourth-order valence-electron chi connectivity index (χ4n) is 1.09. The van der Waals surface area contributed by atoms with E-state index in [1.165, 1.54) is 0 Å². The molecule has 3 heteroatoms. The van der Waals surface area contributed by atoms with E-state index in [9.17, 15) is 4.79 Å². The van der Waals surface area contributed by atoms with Crippen molar-refractivity contribution in [1.29, 1.82) is 0 Å². The first-order chi connectivity index (χ1) is 6.60. The lowest BCUT2D eigenvalue weighted by atomic mass is 10.1. The summed E-state index contributed by atoms with van der Waals surface area (Å²) in [5.74, 6) is 2.45. The zero-order chi connectivity index (χ0) is 11.0. The number of rotatable bonds is 6. The van der Waals surface area contributed by atoms with Gasteiger partial charge in [0, 0.05) is 6.42 Å². The molecule has 2 atom stereocenters. The molecule has 0 aliphatic carbocycles. The van der Waals surface area contributed by atoms with Crippen molar-refractivity contribution in [3.8, 4) is 12.3 Å². The molecule has 0 heterocycles. The first kappa shape index (κ1) is 13.0. The van der Waals surface area contributed by atoms with Gasteiger partial charge in [-0.25, -0.2) is 0 Å². The Labute approximate surface area is 85.9 Å². The van der Waals surface area contributed by atoms with Crippen molar-refractivity contribution < 1.29 is 9.90 Å². The van der Waals surface area contributed by atoms with Crippen LogP contribution >= 0.6 is 0 Å². The lowest BCUT2D eigenvalue weighted by molar-refractivity contribution is -0.122. The lowest BCUT2D eigenvalue weighted by Crippen LogP contribution is -2.33. The lowest BCUT2D eigenvalue weighted by Gasteiger charge is -2.12. The summed E-state index contributed by atoms with van der Waals surface area (Å²) in [6.45, 7) is 3.68. The second-order valence-electron chi connectivity index (χ2n) is 3.46. The molecule has 2 N–H and O–H groups in total. The second-order valence-corrected chi connectivity index (χ2v) is 3.46. The van der Waals surface area contributed by atoms with E-state index >= 15 is 0 Å². The van der Waals surface area contributed by atoms with Crippen molar-refractivity contribution in [2.45, 2.75) is 51.7 Å². The first-order valence-electron chi connectivity index (χ1n) is 5.03. The molecule has 0 aromatic rings. The summed E-state index contributed by atoms with van der Waals surface area (Å²) in [5.41, 5.74) is 0. The number of carbonyl (C=O) groups excluding carboxylic acids is 1. The van der Waals surface area contributed by atoms with E-state index in [4.69, 9.17) is 11.5 Å². The van der Waals surface area contributed by atoms with Gasteiger partial charge in [0.25, 0.3) is 0 Å². The molecule has 0 fully saturated rings. The summed E-state index contributed by atoms with van der Waals surface area (Å²) in [6, 6.07) is -0.165. The monoisotopic (exact) mass is 197 g/mol. The summed E-state index contributed by atoms with van der Waals surface area (Å²) >= 11 is 0. The van der Waals surface area contributed by atoms with Crippen LogP contribution in [0.25, 0.3) is 0 Å². The molecule has 80 valence electrons. The van der Waals surface area contributed by atoms with Crippen LogP contribution in [0.15, 0.2) is 0 Å². The van der Waals surface area contributed by atoms with Gasteiger partial charge in [-0.2, -0.15) is 0 Å². The minimum absolute atomic E-state index is 0.0812. The third-order valence-electron chi connectivity index (χ3n) is 1.90. The average molecular weight is 197 g/mol. The van der Waals surface area contributed by atoms with Gasteiger partial charge >= 0.3 is 0 Å². The molecular weight excluding hydrogens is 178 g/mol. The molecule has 0 aromatic carbocycles. The highest BCUT2D eigenvalue weighted by atomic mass is 16.3. The molecule has 1 amide bonds. The maximum absolute atomic E-state index is 11.3. The van der Waals surface area contributed by atoms with Crippen molar-refractivity contribution in [3.63, 3.8) is 0 Å². The summed E-state index contributed by atoms with van der Waals surface area (Å²) in [6.07, 6.45) is 7.38. The van der Waals surface area contributed by atoms with Crippen LogP contribution in [0.5, 0.6) is 0 Å². The van der Waals surface area contributed by atoms with Crippen molar-refractivity contribution in [2.24, 2.45) is 0 Å². The Bertz CT molecular complexity index is 206. The number of amides is 1. The molecule has 0 bridgehead atoms. The van der Waals surface area contributed by atoms with Crippen LogP contribution < -0.4 is 5.32 Å². The molecule has 0 aliphatic heterocycles. The van der Waals surface area contributed by atoms with Gasteiger partial charge in [0.1, 0.15) is 0 Å². The minimum Gasteiger partial charge on any atom is -0.393 e. The van der Waals surface area contributed by atoms with Gasteiger partial charge < -0.3 is 10.4 Å². The van der Waals surface area contributed by atoms with Crippen LogP contribution in [0.1, 0.15) is 39.5 Å². The number of hydrogen-bond donors (Lipinski definition) is 2. The minimum atomic E-state index is -0.434. The third-order valence-corrected chi connectivity index (χ3v) is 1.90. The molecule has 0 saturated heterocycles. The SMILES string of the molecule is C#CC(CCC)NC(=O)CCC(C)O. The highest BCUT2D eigenvalue weighted by Gasteiger charge is 2.08. The summed E-state index contributed by atoms with van der Waals surface area (Å²) in [5, 5.41) is 11.7. The summed E-state index contributed by atoms with van der Waals surface area (Å²) in [7, 11) is 0. The van der Waals surface area contributed by atoms with Crippen LogP contribution in [-0.2, 0) is 4.79 Å². The van der Waals surface area contributed by atoms with Crippen LogP contribution in [0.4, 0.5) is 0 Å². The number of aliphatic hydroxyl groups is 1. The molecule has 0 rings (SSSR count). The van der Waals surface area contributed by atoms with Crippen molar-refractivity contribution in [3.05, 3.63) is 0 Å². The fourth-order valence-corrected chi connectivity index (χ4v) is 1.09. The Kier molecular flexibility index (Phi) is 6.87. The van der Waals surface area contributed by atoms with Crippen LogP contribution in [0.3, 0.4) is 0 Å². The number of hydrogen-bond acceptors (Lipinski definition) is 2. The fraction of sp³-hybridized carbons (Fsp3) is 0.727. The van der Waals surface area contributed by atoms with E-state index in [2.05, 4.69) is 11.2 Å². The maximum Gasteiger partial charge on any atom is 0.221 e. The maximum atomic E-state index is 11.3. The van der Waals surface area contributed by atoms with Crippen LogP contribution in [0, 0.1) is 12.3 Å². The molecule has 14 heavy (non-hydrogen) atoms. The van der Waals surface area contributed by atoms with Crippen molar-refractivity contribution in [1.82, 2.24) is 5.32 Å². The van der Waals surface area contributed by atoms with E-state index in [0.29, 0.717) is 12.8 Å². The Hall–Kier alpha value is -1.01. The van der Waals surface area contributed by atoms with Gasteiger partial charge in [-0.1, -0.05) is 19.3 Å². The number of carbonyl (C=O) groups is 1. The molecule has 0 spiro atoms. The predicted molar refractivity (Wildman–Crippen MR) is 56.6 cm³/mol. The Morgan fingerprint density at radius 2 is 2.21 bits per heavy atom. The molecule has 0 radical (unpaired) electrons. The molecule has 2 unspecified atom stereocenters. The van der Waals surface area contributed by atoms with E-state index in [1.807, 2.05) is 6.92 Å².